The zero-order chi connectivity index (χ0) is 23.5. The Morgan fingerprint density at radius 3 is 2.21 bits per heavy atom. The predicted molar refractivity (Wildman–Crippen MR) is 134 cm³/mol. The monoisotopic (exact) mass is 479 g/mol. The molecule has 0 bridgehead atoms. The number of likely N-dealkylation sites (tertiary alicyclic amines) is 1. The van der Waals surface area contributed by atoms with Gasteiger partial charge >= 0.3 is 0 Å². The average molecular weight is 480 g/mol. The average Bonchev–Trinajstić information content (AvgIpc) is 2.77. The number of unbranched alkanes of at least 4 members (excludes halogenated alkanes) is 1. The van der Waals surface area contributed by atoms with Crippen LogP contribution in [0.25, 0.3) is 0 Å². The van der Waals surface area contributed by atoms with Crippen LogP contribution in [0.3, 0.4) is 0 Å². The fraction of sp³-hybridized carbons (Fsp3) is 0.692. The van der Waals surface area contributed by atoms with Crippen LogP contribution < -0.4 is 5.32 Å². The van der Waals surface area contributed by atoms with Crippen molar-refractivity contribution >= 4 is 24.2 Å². The number of nitrogens with one attached hydrogen (secondary N) is 1. The van der Waals surface area contributed by atoms with Gasteiger partial charge in [-0.2, -0.15) is 0 Å². The SMILES string of the molecule is CCCCN1C(=O)[C@@H]([C@H](O)C(C)C)NC(=O)C12CCN(Cc1ccc(C(C)C)cc1)CC2.Cl. The first-order valence-corrected chi connectivity index (χ1v) is 12.3. The van der Waals surface area contributed by atoms with Crippen molar-refractivity contribution in [3.8, 4) is 0 Å². The van der Waals surface area contributed by atoms with Crippen LogP contribution in [0.15, 0.2) is 24.3 Å². The Kier molecular flexibility index (Phi) is 9.77. The molecule has 0 aliphatic carbocycles. The van der Waals surface area contributed by atoms with E-state index in [2.05, 4.69) is 55.3 Å². The van der Waals surface area contributed by atoms with Gasteiger partial charge in [0.05, 0.1) is 6.10 Å². The van der Waals surface area contributed by atoms with Crippen molar-refractivity contribution in [2.24, 2.45) is 5.92 Å². The van der Waals surface area contributed by atoms with Gasteiger partial charge in [-0.05, 0) is 42.2 Å². The molecule has 2 heterocycles. The minimum absolute atomic E-state index is 0. The van der Waals surface area contributed by atoms with Crippen molar-refractivity contribution < 1.29 is 14.7 Å². The van der Waals surface area contributed by atoms with Crippen LogP contribution in [0.5, 0.6) is 0 Å². The van der Waals surface area contributed by atoms with Crippen molar-refractivity contribution in [1.29, 1.82) is 0 Å². The van der Waals surface area contributed by atoms with Crippen LogP contribution in [-0.2, 0) is 16.1 Å². The Hall–Kier alpha value is -1.63. The van der Waals surface area contributed by atoms with Gasteiger partial charge in [0.15, 0.2) is 0 Å². The number of amides is 2. The summed E-state index contributed by atoms with van der Waals surface area (Å²) in [6, 6.07) is 7.95. The third-order valence-corrected chi connectivity index (χ3v) is 7.25. The van der Waals surface area contributed by atoms with Crippen LogP contribution in [0.2, 0.25) is 0 Å². The molecule has 2 N–H and O–H groups in total. The number of carbonyl (C=O) groups is 2. The summed E-state index contributed by atoms with van der Waals surface area (Å²) in [6.45, 7) is 13.2. The highest BCUT2D eigenvalue weighted by Crippen LogP contribution is 2.35. The molecule has 2 atom stereocenters. The number of piperidine rings is 1. The van der Waals surface area contributed by atoms with Crippen LogP contribution in [0.1, 0.15) is 77.3 Å². The summed E-state index contributed by atoms with van der Waals surface area (Å²) in [5.41, 5.74) is 1.82. The summed E-state index contributed by atoms with van der Waals surface area (Å²) >= 11 is 0. The van der Waals surface area contributed by atoms with Crippen molar-refractivity contribution in [2.75, 3.05) is 19.6 Å². The zero-order valence-corrected chi connectivity index (χ0v) is 21.7. The molecule has 0 unspecified atom stereocenters. The Morgan fingerprint density at radius 1 is 1.09 bits per heavy atom. The molecule has 2 aliphatic heterocycles. The molecule has 0 radical (unpaired) electrons. The first kappa shape index (κ1) is 27.6. The molecule has 2 fully saturated rings. The second-order valence-electron chi connectivity index (χ2n) is 10.2. The van der Waals surface area contributed by atoms with Gasteiger partial charge in [0.1, 0.15) is 11.6 Å². The highest BCUT2D eigenvalue weighted by Gasteiger charge is 2.54. The number of piperazine rings is 1. The lowest BCUT2D eigenvalue weighted by atomic mass is 9.80. The van der Waals surface area contributed by atoms with Crippen LogP contribution >= 0.6 is 12.4 Å². The van der Waals surface area contributed by atoms with Crippen molar-refractivity contribution in [2.45, 2.75) is 90.4 Å². The zero-order valence-electron chi connectivity index (χ0n) is 20.8. The Balaban J connectivity index is 0.00000385. The van der Waals surface area contributed by atoms with E-state index >= 15 is 0 Å². The Morgan fingerprint density at radius 2 is 1.70 bits per heavy atom. The van der Waals surface area contributed by atoms with Gasteiger partial charge in [0, 0.05) is 26.2 Å². The summed E-state index contributed by atoms with van der Waals surface area (Å²) in [4.78, 5) is 30.9. The minimum Gasteiger partial charge on any atom is -0.390 e. The van der Waals surface area contributed by atoms with Crippen molar-refractivity contribution in [3.63, 3.8) is 0 Å². The largest absolute Gasteiger partial charge is 0.390 e. The maximum Gasteiger partial charge on any atom is 0.248 e. The van der Waals surface area contributed by atoms with E-state index in [1.54, 1.807) is 4.90 Å². The molecule has 2 aliphatic rings. The number of benzene rings is 1. The maximum absolute atomic E-state index is 13.4. The van der Waals surface area contributed by atoms with Crippen molar-refractivity contribution in [1.82, 2.24) is 15.1 Å². The fourth-order valence-electron chi connectivity index (χ4n) is 4.94. The first-order valence-electron chi connectivity index (χ1n) is 12.3. The van der Waals surface area contributed by atoms with E-state index in [0.29, 0.717) is 25.3 Å². The van der Waals surface area contributed by atoms with Crippen LogP contribution in [0, 0.1) is 5.92 Å². The third-order valence-electron chi connectivity index (χ3n) is 7.25. The van der Waals surface area contributed by atoms with E-state index in [1.165, 1.54) is 11.1 Å². The molecule has 6 nitrogen and oxygen atoms in total. The lowest BCUT2D eigenvalue weighted by Gasteiger charge is -2.52. The highest BCUT2D eigenvalue weighted by molar-refractivity contribution is 6.00. The highest BCUT2D eigenvalue weighted by atomic mass is 35.5. The number of aliphatic hydroxyl groups excluding tert-OH is 1. The topological polar surface area (TPSA) is 72.9 Å². The van der Waals surface area contributed by atoms with E-state index in [1.807, 2.05) is 13.8 Å². The molecular weight excluding hydrogens is 438 g/mol. The van der Waals surface area contributed by atoms with E-state index < -0.39 is 17.7 Å². The summed E-state index contributed by atoms with van der Waals surface area (Å²) in [7, 11) is 0. The van der Waals surface area contributed by atoms with Gasteiger partial charge < -0.3 is 15.3 Å². The molecule has 3 rings (SSSR count). The van der Waals surface area contributed by atoms with Gasteiger partial charge in [0.25, 0.3) is 0 Å². The number of carbonyl (C=O) groups excluding carboxylic acids is 2. The lowest BCUT2D eigenvalue weighted by Crippen LogP contribution is -2.74. The van der Waals surface area contributed by atoms with Gasteiger partial charge in [0.2, 0.25) is 11.8 Å². The van der Waals surface area contributed by atoms with Crippen LogP contribution in [0.4, 0.5) is 0 Å². The number of nitrogens with zero attached hydrogens (tertiary/aromatic N) is 2. The predicted octanol–water partition coefficient (Wildman–Crippen LogP) is 3.71. The summed E-state index contributed by atoms with van der Waals surface area (Å²) in [6.07, 6.45) is 2.20. The Labute approximate surface area is 205 Å². The second-order valence-corrected chi connectivity index (χ2v) is 10.2. The van der Waals surface area contributed by atoms with E-state index in [0.717, 1.165) is 32.5 Å². The Bertz CT molecular complexity index is 788. The minimum atomic E-state index is -0.873. The molecule has 2 amide bonds. The third kappa shape index (κ3) is 5.90. The standard InChI is InChI=1S/C26H41N3O3.ClH/c1-6-7-14-29-24(31)22(23(30)19(4)5)27-25(32)26(29)12-15-28(16-13-26)17-20-8-10-21(11-9-20)18(2)3;/h8-11,18-19,22-23,30H,6-7,12-17H2,1-5H3,(H,27,32);1H/t22-,23-;/m1./s1. The molecule has 1 aromatic rings. The summed E-state index contributed by atoms with van der Waals surface area (Å²) in [5, 5.41) is 13.5. The van der Waals surface area contributed by atoms with Gasteiger partial charge in [-0.15, -0.1) is 12.4 Å². The van der Waals surface area contributed by atoms with E-state index in [9.17, 15) is 14.7 Å². The molecular formula is C26H42ClN3O3. The normalized spacial score (nSPS) is 21.9. The van der Waals surface area contributed by atoms with Gasteiger partial charge in [-0.3, -0.25) is 14.5 Å². The number of halogens is 1. The molecule has 186 valence electrons. The number of rotatable bonds is 8. The number of aliphatic hydroxyl groups is 1. The molecule has 7 heteroatoms. The summed E-state index contributed by atoms with van der Waals surface area (Å²) < 4.78 is 0. The second kappa shape index (κ2) is 11.7. The molecule has 1 spiro atoms. The molecule has 1 aromatic carbocycles. The molecule has 0 saturated carbocycles. The van der Waals surface area contributed by atoms with Gasteiger partial charge in [-0.1, -0.05) is 65.3 Å². The number of hydrogen-bond donors (Lipinski definition) is 2. The molecule has 0 aromatic heterocycles. The fourth-order valence-corrected chi connectivity index (χ4v) is 4.94. The first-order chi connectivity index (χ1) is 15.2. The summed E-state index contributed by atoms with van der Waals surface area (Å²) in [5.74, 6) is 0.194. The van der Waals surface area contributed by atoms with Crippen LogP contribution in [-0.4, -0.2) is 64.0 Å². The quantitative estimate of drug-likeness (QED) is 0.596. The number of hydrogen-bond acceptors (Lipinski definition) is 4. The molecule has 33 heavy (non-hydrogen) atoms. The van der Waals surface area contributed by atoms with E-state index in [4.69, 9.17) is 0 Å². The van der Waals surface area contributed by atoms with Crippen molar-refractivity contribution in [3.05, 3.63) is 35.4 Å². The maximum atomic E-state index is 13.4. The van der Waals surface area contributed by atoms with E-state index in [-0.39, 0.29) is 30.1 Å². The lowest BCUT2D eigenvalue weighted by molar-refractivity contribution is -0.165. The molecule has 2 saturated heterocycles. The van der Waals surface area contributed by atoms with Gasteiger partial charge in [-0.25, -0.2) is 0 Å². The smallest absolute Gasteiger partial charge is 0.248 e.